The first-order valence-electron chi connectivity index (χ1n) is 6.21. The fraction of sp³-hybridized carbons (Fsp3) is 0.154. The summed E-state index contributed by atoms with van der Waals surface area (Å²) < 4.78 is 1.79. The van der Waals surface area contributed by atoms with Crippen molar-refractivity contribution >= 4 is 22.6 Å². The maximum Gasteiger partial charge on any atom is 0.154 e. The SMILES string of the molecule is Cn1ncc2ncc(NC3=NCc4nccnc43)cc21. The third-order valence-electron chi connectivity index (χ3n) is 3.25. The Bertz CT molecular complexity index is 834. The number of aromatic nitrogens is 5. The van der Waals surface area contributed by atoms with Crippen molar-refractivity contribution in [1.29, 1.82) is 0 Å². The molecule has 7 heteroatoms. The third-order valence-corrected chi connectivity index (χ3v) is 3.25. The Hall–Kier alpha value is -2.83. The Morgan fingerprint density at radius 1 is 1.15 bits per heavy atom. The fourth-order valence-corrected chi connectivity index (χ4v) is 2.24. The molecule has 0 aliphatic carbocycles. The molecule has 0 saturated carbocycles. The van der Waals surface area contributed by atoms with Crippen LogP contribution in [0.2, 0.25) is 0 Å². The van der Waals surface area contributed by atoms with Gasteiger partial charge in [-0.3, -0.25) is 19.6 Å². The summed E-state index contributed by atoms with van der Waals surface area (Å²) in [5.74, 6) is 0.733. The average molecular weight is 265 g/mol. The molecule has 98 valence electrons. The predicted octanol–water partition coefficient (Wildman–Crippen LogP) is 1.13. The maximum absolute atomic E-state index is 4.42. The van der Waals surface area contributed by atoms with Crippen LogP contribution in [0.4, 0.5) is 5.69 Å². The van der Waals surface area contributed by atoms with Gasteiger partial charge in [-0.15, -0.1) is 0 Å². The number of pyridine rings is 1. The molecular formula is C13H11N7. The van der Waals surface area contributed by atoms with Crippen LogP contribution < -0.4 is 5.32 Å². The Labute approximate surface area is 114 Å². The van der Waals surface area contributed by atoms with Crippen LogP contribution in [0.15, 0.2) is 35.8 Å². The summed E-state index contributed by atoms with van der Waals surface area (Å²) in [4.78, 5) is 17.4. The zero-order chi connectivity index (χ0) is 13.5. The first kappa shape index (κ1) is 11.0. The smallest absolute Gasteiger partial charge is 0.154 e. The van der Waals surface area contributed by atoms with Gasteiger partial charge in [0, 0.05) is 19.4 Å². The van der Waals surface area contributed by atoms with E-state index in [0.717, 1.165) is 33.9 Å². The van der Waals surface area contributed by atoms with Gasteiger partial charge in [0.05, 0.1) is 35.8 Å². The van der Waals surface area contributed by atoms with Gasteiger partial charge in [0.2, 0.25) is 0 Å². The fourth-order valence-electron chi connectivity index (χ4n) is 2.24. The van der Waals surface area contributed by atoms with Gasteiger partial charge in [0.15, 0.2) is 5.84 Å². The lowest BCUT2D eigenvalue weighted by Gasteiger charge is -2.06. The van der Waals surface area contributed by atoms with E-state index in [2.05, 4.69) is 30.4 Å². The van der Waals surface area contributed by atoms with Crippen molar-refractivity contribution in [3.8, 4) is 0 Å². The number of amidine groups is 1. The molecule has 0 amide bonds. The van der Waals surface area contributed by atoms with E-state index in [-0.39, 0.29) is 0 Å². The van der Waals surface area contributed by atoms with Crippen molar-refractivity contribution < 1.29 is 0 Å². The van der Waals surface area contributed by atoms with Gasteiger partial charge in [0.25, 0.3) is 0 Å². The molecular weight excluding hydrogens is 254 g/mol. The topological polar surface area (TPSA) is 80.9 Å². The Kier molecular flexibility index (Phi) is 2.26. The lowest BCUT2D eigenvalue weighted by atomic mass is 10.3. The molecule has 0 unspecified atom stereocenters. The molecule has 0 radical (unpaired) electrons. The van der Waals surface area contributed by atoms with Crippen molar-refractivity contribution in [3.63, 3.8) is 0 Å². The van der Waals surface area contributed by atoms with Gasteiger partial charge in [-0.2, -0.15) is 5.10 Å². The molecule has 4 rings (SSSR count). The maximum atomic E-state index is 4.42. The van der Waals surface area contributed by atoms with Crippen LogP contribution in [0.3, 0.4) is 0 Å². The van der Waals surface area contributed by atoms with Crippen molar-refractivity contribution in [1.82, 2.24) is 24.7 Å². The zero-order valence-corrected chi connectivity index (χ0v) is 10.8. The van der Waals surface area contributed by atoms with Crippen molar-refractivity contribution in [2.45, 2.75) is 6.54 Å². The first-order chi connectivity index (χ1) is 9.81. The van der Waals surface area contributed by atoms with E-state index in [1.165, 1.54) is 0 Å². The lowest BCUT2D eigenvalue weighted by molar-refractivity contribution is 0.797. The summed E-state index contributed by atoms with van der Waals surface area (Å²) in [6.07, 6.45) is 6.86. The summed E-state index contributed by atoms with van der Waals surface area (Å²) in [5.41, 5.74) is 4.39. The van der Waals surface area contributed by atoms with Crippen molar-refractivity contribution in [2.75, 3.05) is 5.32 Å². The molecule has 0 fully saturated rings. The summed E-state index contributed by atoms with van der Waals surface area (Å²) in [6.45, 7) is 0.562. The number of hydrogen-bond donors (Lipinski definition) is 1. The average Bonchev–Trinajstić information content (AvgIpc) is 3.05. The van der Waals surface area contributed by atoms with Gasteiger partial charge in [0.1, 0.15) is 11.2 Å². The first-order valence-corrected chi connectivity index (χ1v) is 6.21. The zero-order valence-electron chi connectivity index (χ0n) is 10.8. The van der Waals surface area contributed by atoms with Gasteiger partial charge in [-0.1, -0.05) is 0 Å². The van der Waals surface area contributed by atoms with Crippen LogP contribution in [0.1, 0.15) is 11.4 Å². The van der Waals surface area contributed by atoms with E-state index < -0.39 is 0 Å². The quantitative estimate of drug-likeness (QED) is 0.713. The number of fused-ring (bicyclic) bond motifs is 2. The van der Waals surface area contributed by atoms with Gasteiger partial charge >= 0.3 is 0 Å². The number of hydrogen-bond acceptors (Lipinski definition) is 6. The third kappa shape index (κ3) is 1.63. The lowest BCUT2D eigenvalue weighted by Crippen LogP contribution is -2.13. The van der Waals surface area contributed by atoms with E-state index in [9.17, 15) is 0 Å². The highest BCUT2D eigenvalue weighted by molar-refractivity contribution is 6.09. The van der Waals surface area contributed by atoms with Crippen LogP contribution in [0.5, 0.6) is 0 Å². The normalized spacial score (nSPS) is 13.3. The summed E-state index contributed by atoms with van der Waals surface area (Å²) in [7, 11) is 1.89. The Morgan fingerprint density at radius 2 is 2.05 bits per heavy atom. The molecule has 4 heterocycles. The van der Waals surface area contributed by atoms with Gasteiger partial charge < -0.3 is 5.32 Å². The molecule has 3 aromatic heterocycles. The largest absolute Gasteiger partial charge is 0.337 e. The minimum Gasteiger partial charge on any atom is -0.337 e. The summed E-state index contributed by atoms with van der Waals surface area (Å²) >= 11 is 0. The predicted molar refractivity (Wildman–Crippen MR) is 74.4 cm³/mol. The highest BCUT2D eigenvalue weighted by Gasteiger charge is 2.18. The standard InChI is InChI=1S/C13H11N7/c1-20-11-4-8(5-16-9(11)7-18-20)19-13-12-10(6-17-13)14-2-3-15-12/h2-5,7H,6H2,1H3,(H,17,19). The molecule has 1 N–H and O–H groups in total. The molecule has 0 saturated heterocycles. The number of nitrogens with one attached hydrogen (secondary N) is 1. The molecule has 0 spiro atoms. The van der Waals surface area contributed by atoms with E-state index in [0.29, 0.717) is 6.54 Å². The van der Waals surface area contributed by atoms with Crippen molar-refractivity contribution in [2.24, 2.45) is 12.0 Å². The van der Waals surface area contributed by atoms with Crippen LogP contribution in [0.25, 0.3) is 11.0 Å². The summed E-state index contributed by atoms with van der Waals surface area (Å²) in [5, 5.41) is 7.43. The second kappa shape index (κ2) is 4.09. The van der Waals surface area contributed by atoms with Crippen LogP contribution >= 0.6 is 0 Å². The van der Waals surface area contributed by atoms with E-state index in [4.69, 9.17) is 0 Å². The van der Waals surface area contributed by atoms with E-state index in [1.54, 1.807) is 29.5 Å². The highest BCUT2D eigenvalue weighted by Crippen LogP contribution is 2.19. The van der Waals surface area contributed by atoms with Gasteiger partial charge in [-0.05, 0) is 6.07 Å². The van der Waals surface area contributed by atoms with Crippen molar-refractivity contribution in [3.05, 3.63) is 42.2 Å². The second-order valence-corrected chi connectivity index (χ2v) is 4.54. The molecule has 1 aliphatic heterocycles. The number of anilines is 1. The Balaban J connectivity index is 1.70. The molecule has 0 aromatic carbocycles. The van der Waals surface area contributed by atoms with E-state index in [1.807, 2.05) is 13.1 Å². The second-order valence-electron chi connectivity index (χ2n) is 4.54. The number of rotatable bonds is 1. The minimum atomic E-state index is 0.562. The molecule has 0 atom stereocenters. The van der Waals surface area contributed by atoms with E-state index >= 15 is 0 Å². The van der Waals surface area contributed by atoms with Gasteiger partial charge in [-0.25, -0.2) is 4.98 Å². The summed E-state index contributed by atoms with van der Waals surface area (Å²) in [6, 6.07) is 1.99. The molecule has 1 aliphatic rings. The number of nitrogens with zero attached hydrogens (tertiary/aromatic N) is 6. The van der Waals surface area contributed by atoms with Crippen LogP contribution in [-0.2, 0) is 13.6 Å². The molecule has 3 aromatic rings. The molecule has 7 nitrogen and oxygen atoms in total. The van der Waals surface area contributed by atoms with Crippen LogP contribution in [-0.4, -0.2) is 30.6 Å². The minimum absolute atomic E-state index is 0.562. The Morgan fingerprint density at radius 3 is 3.00 bits per heavy atom. The number of aliphatic imine (C=N–C) groups is 1. The van der Waals surface area contributed by atoms with Crippen LogP contribution in [0, 0.1) is 0 Å². The number of aryl methyl sites for hydroxylation is 1. The highest BCUT2D eigenvalue weighted by atomic mass is 15.3. The molecule has 20 heavy (non-hydrogen) atoms. The monoisotopic (exact) mass is 265 g/mol. The molecule has 0 bridgehead atoms.